The highest BCUT2D eigenvalue weighted by Gasteiger charge is 2.25. The van der Waals surface area contributed by atoms with E-state index in [1.165, 1.54) is 0 Å². The van der Waals surface area contributed by atoms with Crippen molar-refractivity contribution in [2.24, 2.45) is 5.73 Å². The highest BCUT2D eigenvalue weighted by molar-refractivity contribution is 5.91. The Labute approximate surface area is 101 Å². The molecule has 0 radical (unpaired) electrons. The molecule has 1 aromatic heterocycles. The number of likely N-dealkylation sites (tertiary alicyclic amines) is 1. The van der Waals surface area contributed by atoms with Gasteiger partial charge in [0.15, 0.2) is 0 Å². The number of nitrogens with two attached hydrogens (primary N) is 1. The number of hydrogen-bond donors (Lipinski definition) is 1. The van der Waals surface area contributed by atoms with Gasteiger partial charge in [0.05, 0.1) is 5.69 Å². The maximum atomic E-state index is 11.9. The van der Waals surface area contributed by atoms with Gasteiger partial charge in [-0.15, -0.1) is 0 Å². The largest absolute Gasteiger partial charge is 0.335 e. The van der Waals surface area contributed by atoms with Crippen LogP contribution in [0.2, 0.25) is 0 Å². The summed E-state index contributed by atoms with van der Waals surface area (Å²) in [5, 5.41) is 0. The molecule has 4 nitrogen and oxygen atoms in total. The van der Waals surface area contributed by atoms with E-state index in [1.54, 1.807) is 18.3 Å². The van der Waals surface area contributed by atoms with Crippen molar-refractivity contribution in [1.29, 1.82) is 0 Å². The topological polar surface area (TPSA) is 59.2 Å². The Morgan fingerprint density at radius 2 is 2.47 bits per heavy atom. The lowest BCUT2D eigenvalue weighted by molar-refractivity contribution is -0.126. The van der Waals surface area contributed by atoms with Gasteiger partial charge in [0.25, 0.3) is 0 Å². The number of aromatic nitrogens is 1. The van der Waals surface area contributed by atoms with Crippen LogP contribution in [0.5, 0.6) is 0 Å². The van der Waals surface area contributed by atoms with Crippen molar-refractivity contribution in [1.82, 2.24) is 9.88 Å². The van der Waals surface area contributed by atoms with E-state index >= 15 is 0 Å². The molecule has 2 rings (SSSR count). The molecule has 0 saturated carbocycles. The predicted octanol–water partition coefficient (Wildman–Crippen LogP) is 1.04. The molecule has 90 valence electrons. The highest BCUT2D eigenvalue weighted by atomic mass is 16.2. The zero-order valence-corrected chi connectivity index (χ0v) is 9.75. The number of rotatable bonds is 3. The van der Waals surface area contributed by atoms with Crippen LogP contribution < -0.4 is 5.73 Å². The molecule has 1 fully saturated rings. The van der Waals surface area contributed by atoms with Crippen LogP contribution in [0.1, 0.15) is 18.5 Å². The zero-order valence-electron chi connectivity index (χ0n) is 9.75. The molecule has 0 aromatic carbocycles. The SMILES string of the molecule is NCC1CCCN1C(=O)/C=C/c1ccccn1. The molecule has 0 spiro atoms. The molecule has 1 aromatic rings. The van der Waals surface area contributed by atoms with Gasteiger partial charge in [-0.2, -0.15) is 0 Å². The molecular weight excluding hydrogens is 214 g/mol. The van der Waals surface area contributed by atoms with Crippen LogP contribution in [0.3, 0.4) is 0 Å². The Hall–Kier alpha value is -1.68. The Kier molecular flexibility index (Phi) is 3.88. The highest BCUT2D eigenvalue weighted by Crippen LogP contribution is 2.16. The number of nitrogens with zero attached hydrogens (tertiary/aromatic N) is 2. The van der Waals surface area contributed by atoms with E-state index in [9.17, 15) is 4.79 Å². The number of hydrogen-bond acceptors (Lipinski definition) is 3. The van der Waals surface area contributed by atoms with Gasteiger partial charge in [-0.1, -0.05) is 6.07 Å². The number of pyridine rings is 1. The minimum absolute atomic E-state index is 0.0311. The Bertz CT molecular complexity index is 402. The van der Waals surface area contributed by atoms with Crippen molar-refractivity contribution in [3.05, 3.63) is 36.2 Å². The van der Waals surface area contributed by atoms with Crippen molar-refractivity contribution in [3.8, 4) is 0 Å². The third-order valence-corrected chi connectivity index (χ3v) is 3.02. The van der Waals surface area contributed by atoms with Gasteiger partial charge >= 0.3 is 0 Å². The van der Waals surface area contributed by atoms with E-state index in [-0.39, 0.29) is 11.9 Å². The van der Waals surface area contributed by atoms with Gasteiger partial charge in [-0.05, 0) is 31.1 Å². The monoisotopic (exact) mass is 231 g/mol. The van der Waals surface area contributed by atoms with Gasteiger partial charge in [0.1, 0.15) is 0 Å². The minimum Gasteiger partial charge on any atom is -0.335 e. The summed E-state index contributed by atoms with van der Waals surface area (Å²) >= 11 is 0. The molecular formula is C13H17N3O. The maximum Gasteiger partial charge on any atom is 0.246 e. The Morgan fingerprint density at radius 1 is 1.59 bits per heavy atom. The van der Waals surface area contributed by atoms with Gasteiger partial charge < -0.3 is 10.6 Å². The second kappa shape index (κ2) is 5.59. The second-order valence-corrected chi connectivity index (χ2v) is 4.15. The summed E-state index contributed by atoms with van der Waals surface area (Å²) in [6, 6.07) is 5.82. The number of amides is 1. The molecule has 2 heterocycles. The summed E-state index contributed by atoms with van der Waals surface area (Å²) in [6.45, 7) is 1.36. The lowest BCUT2D eigenvalue weighted by atomic mass is 10.2. The van der Waals surface area contributed by atoms with Gasteiger partial charge in [0.2, 0.25) is 5.91 Å². The average Bonchev–Trinajstić information content (AvgIpc) is 2.85. The summed E-state index contributed by atoms with van der Waals surface area (Å²) < 4.78 is 0. The van der Waals surface area contributed by atoms with Crippen LogP contribution in [0.4, 0.5) is 0 Å². The zero-order chi connectivity index (χ0) is 12.1. The third-order valence-electron chi connectivity index (χ3n) is 3.02. The van der Waals surface area contributed by atoms with Gasteiger partial charge in [0, 0.05) is 31.4 Å². The molecule has 17 heavy (non-hydrogen) atoms. The van der Waals surface area contributed by atoms with Crippen LogP contribution in [0, 0.1) is 0 Å². The lowest BCUT2D eigenvalue weighted by Crippen LogP contribution is -2.38. The van der Waals surface area contributed by atoms with Gasteiger partial charge in [-0.25, -0.2) is 0 Å². The fraction of sp³-hybridized carbons (Fsp3) is 0.385. The van der Waals surface area contributed by atoms with Crippen molar-refractivity contribution in [2.75, 3.05) is 13.1 Å². The number of carbonyl (C=O) groups excluding carboxylic acids is 1. The smallest absolute Gasteiger partial charge is 0.246 e. The molecule has 1 aliphatic heterocycles. The maximum absolute atomic E-state index is 11.9. The van der Waals surface area contributed by atoms with Crippen molar-refractivity contribution >= 4 is 12.0 Å². The lowest BCUT2D eigenvalue weighted by Gasteiger charge is -2.21. The fourth-order valence-electron chi connectivity index (χ4n) is 2.10. The van der Waals surface area contributed by atoms with Crippen LogP contribution in [0.25, 0.3) is 6.08 Å². The van der Waals surface area contributed by atoms with E-state index in [0.29, 0.717) is 6.54 Å². The standard InChI is InChI=1S/C13H17N3O/c14-10-12-5-3-9-16(12)13(17)7-6-11-4-1-2-8-15-11/h1-2,4,6-8,12H,3,5,9-10,14H2/b7-6+. The number of carbonyl (C=O) groups is 1. The molecule has 1 aliphatic rings. The molecule has 1 saturated heterocycles. The first-order chi connectivity index (χ1) is 8.31. The fourth-order valence-corrected chi connectivity index (χ4v) is 2.10. The van der Waals surface area contributed by atoms with E-state index in [0.717, 1.165) is 25.1 Å². The van der Waals surface area contributed by atoms with E-state index in [1.807, 2.05) is 23.1 Å². The van der Waals surface area contributed by atoms with E-state index in [2.05, 4.69) is 4.98 Å². The predicted molar refractivity (Wildman–Crippen MR) is 67.1 cm³/mol. The van der Waals surface area contributed by atoms with Crippen LogP contribution in [-0.4, -0.2) is 34.9 Å². The molecule has 1 atom stereocenters. The molecule has 1 unspecified atom stereocenters. The summed E-state index contributed by atoms with van der Waals surface area (Å²) in [6.07, 6.45) is 7.10. The normalized spacial score (nSPS) is 20.1. The molecule has 2 N–H and O–H groups in total. The van der Waals surface area contributed by atoms with Crippen LogP contribution >= 0.6 is 0 Å². The summed E-state index contributed by atoms with van der Waals surface area (Å²) in [5.74, 6) is 0.0311. The molecule has 0 aliphatic carbocycles. The summed E-state index contributed by atoms with van der Waals surface area (Å²) in [4.78, 5) is 17.9. The average molecular weight is 231 g/mol. The quantitative estimate of drug-likeness (QED) is 0.791. The molecule has 0 bridgehead atoms. The Morgan fingerprint density at radius 3 is 3.18 bits per heavy atom. The molecule has 4 heteroatoms. The second-order valence-electron chi connectivity index (χ2n) is 4.15. The van der Waals surface area contributed by atoms with Crippen molar-refractivity contribution < 1.29 is 4.79 Å². The van der Waals surface area contributed by atoms with Gasteiger partial charge in [-0.3, -0.25) is 9.78 Å². The Balaban J connectivity index is 1.99. The van der Waals surface area contributed by atoms with Crippen LogP contribution in [-0.2, 0) is 4.79 Å². The summed E-state index contributed by atoms with van der Waals surface area (Å²) in [5.41, 5.74) is 6.43. The van der Waals surface area contributed by atoms with E-state index < -0.39 is 0 Å². The van der Waals surface area contributed by atoms with E-state index in [4.69, 9.17) is 5.73 Å². The molecule has 1 amide bonds. The first kappa shape index (κ1) is 11.8. The first-order valence-corrected chi connectivity index (χ1v) is 5.91. The van der Waals surface area contributed by atoms with Crippen LogP contribution in [0.15, 0.2) is 30.5 Å². The minimum atomic E-state index is 0.0311. The first-order valence-electron chi connectivity index (χ1n) is 5.91. The summed E-state index contributed by atoms with van der Waals surface area (Å²) in [7, 11) is 0. The van der Waals surface area contributed by atoms with Crippen molar-refractivity contribution in [2.45, 2.75) is 18.9 Å². The van der Waals surface area contributed by atoms with Crippen molar-refractivity contribution in [3.63, 3.8) is 0 Å². The third kappa shape index (κ3) is 2.91.